The summed E-state index contributed by atoms with van der Waals surface area (Å²) in [7, 11) is 0. The van der Waals surface area contributed by atoms with E-state index in [-0.39, 0.29) is 30.1 Å². The molecule has 1 aromatic rings. The van der Waals surface area contributed by atoms with E-state index in [1.54, 1.807) is 4.90 Å². The summed E-state index contributed by atoms with van der Waals surface area (Å²) in [4.78, 5) is 13.7. The van der Waals surface area contributed by atoms with Crippen molar-refractivity contribution in [2.75, 3.05) is 19.8 Å². The Kier molecular flexibility index (Phi) is 7.43. The quantitative estimate of drug-likeness (QED) is 0.445. The number of likely N-dealkylation sites (tertiary alicyclic amines) is 1. The van der Waals surface area contributed by atoms with E-state index < -0.39 is 23.5 Å². The number of unbranched alkanes of at least 4 members (excludes halogenated alkanes) is 1. The SMILES string of the molecule is CCCCOC(=O)N1C[C@H](S)C[C@H]1COCc1cc(F)c(F)cc1F. The predicted molar refractivity (Wildman–Crippen MR) is 90.1 cm³/mol. The standard InChI is InChI=1S/C17H22F3NO3S/c1-2-3-4-24-17(22)21-8-13(25)6-12(21)10-23-9-11-5-15(19)16(20)7-14(11)18/h5,7,12-13,25H,2-4,6,8-10H2,1H3/t12-,13+/m0/s1. The average Bonchev–Trinajstić information content (AvgIpc) is 2.93. The minimum atomic E-state index is -1.24. The third-order valence-corrected chi connectivity index (χ3v) is 4.38. The molecule has 0 N–H and O–H groups in total. The fraction of sp³-hybridized carbons (Fsp3) is 0.588. The first kappa shape index (κ1) is 19.9. The first-order chi connectivity index (χ1) is 11.9. The molecule has 1 aromatic carbocycles. The molecule has 0 bridgehead atoms. The number of ether oxygens (including phenoxy) is 2. The number of benzene rings is 1. The smallest absolute Gasteiger partial charge is 0.410 e. The number of thiol groups is 1. The van der Waals surface area contributed by atoms with Crippen molar-refractivity contribution in [2.24, 2.45) is 0 Å². The van der Waals surface area contributed by atoms with Crippen LogP contribution in [0.1, 0.15) is 31.7 Å². The van der Waals surface area contributed by atoms with Crippen molar-refractivity contribution in [2.45, 2.75) is 44.1 Å². The molecule has 0 unspecified atom stereocenters. The van der Waals surface area contributed by atoms with Crippen LogP contribution >= 0.6 is 12.6 Å². The Hall–Kier alpha value is -1.41. The highest BCUT2D eigenvalue weighted by molar-refractivity contribution is 7.81. The maximum Gasteiger partial charge on any atom is 0.410 e. The molecule has 2 atom stereocenters. The minimum Gasteiger partial charge on any atom is -0.449 e. The van der Waals surface area contributed by atoms with Gasteiger partial charge in [0.25, 0.3) is 0 Å². The first-order valence-electron chi connectivity index (χ1n) is 8.25. The molecule has 0 saturated carbocycles. The molecule has 1 aliphatic heterocycles. The van der Waals surface area contributed by atoms with Gasteiger partial charge in [-0.3, -0.25) is 0 Å². The zero-order valence-electron chi connectivity index (χ0n) is 14.0. The van der Waals surface area contributed by atoms with E-state index in [1.807, 2.05) is 6.92 Å². The fourth-order valence-corrected chi connectivity index (χ4v) is 3.06. The molecule has 1 aliphatic rings. The van der Waals surface area contributed by atoms with Crippen LogP contribution in [-0.4, -0.2) is 42.0 Å². The summed E-state index contributed by atoms with van der Waals surface area (Å²) in [6.07, 6.45) is 1.92. The van der Waals surface area contributed by atoms with E-state index in [4.69, 9.17) is 9.47 Å². The monoisotopic (exact) mass is 377 g/mol. The number of nitrogens with zero attached hydrogens (tertiary/aromatic N) is 1. The van der Waals surface area contributed by atoms with Crippen molar-refractivity contribution in [1.82, 2.24) is 4.90 Å². The summed E-state index contributed by atoms with van der Waals surface area (Å²) in [6, 6.07) is 1.02. The van der Waals surface area contributed by atoms with E-state index >= 15 is 0 Å². The van der Waals surface area contributed by atoms with Crippen molar-refractivity contribution in [1.29, 1.82) is 0 Å². The van der Waals surface area contributed by atoms with Gasteiger partial charge in [0.15, 0.2) is 11.6 Å². The molecule has 1 saturated heterocycles. The third-order valence-electron chi connectivity index (χ3n) is 4.01. The van der Waals surface area contributed by atoms with Crippen LogP contribution in [0.15, 0.2) is 12.1 Å². The van der Waals surface area contributed by atoms with Gasteiger partial charge in [-0.25, -0.2) is 18.0 Å². The van der Waals surface area contributed by atoms with Crippen LogP contribution in [0.4, 0.5) is 18.0 Å². The number of rotatable bonds is 7. The molecule has 140 valence electrons. The normalized spacial score (nSPS) is 20.1. The Morgan fingerprint density at radius 1 is 1.28 bits per heavy atom. The van der Waals surface area contributed by atoms with Gasteiger partial charge in [0.2, 0.25) is 0 Å². The summed E-state index contributed by atoms with van der Waals surface area (Å²) < 4.78 is 50.3. The van der Waals surface area contributed by atoms with Crippen molar-refractivity contribution < 1.29 is 27.4 Å². The van der Waals surface area contributed by atoms with E-state index in [2.05, 4.69) is 12.6 Å². The third kappa shape index (κ3) is 5.54. The lowest BCUT2D eigenvalue weighted by molar-refractivity contribution is 0.0504. The van der Waals surface area contributed by atoms with Crippen LogP contribution in [0, 0.1) is 17.5 Å². The number of amides is 1. The average molecular weight is 377 g/mol. The highest BCUT2D eigenvalue weighted by Gasteiger charge is 2.34. The maximum atomic E-state index is 13.6. The highest BCUT2D eigenvalue weighted by Crippen LogP contribution is 2.24. The van der Waals surface area contributed by atoms with E-state index in [0.29, 0.717) is 25.6 Å². The largest absolute Gasteiger partial charge is 0.449 e. The summed E-state index contributed by atoms with van der Waals surface area (Å²) >= 11 is 4.39. The van der Waals surface area contributed by atoms with Crippen LogP contribution in [0.2, 0.25) is 0 Å². The van der Waals surface area contributed by atoms with Crippen LogP contribution in [-0.2, 0) is 16.1 Å². The van der Waals surface area contributed by atoms with Crippen LogP contribution < -0.4 is 0 Å². The van der Waals surface area contributed by atoms with E-state index in [1.165, 1.54) is 0 Å². The van der Waals surface area contributed by atoms with Gasteiger partial charge in [-0.15, -0.1) is 0 Å². The van der Waals surface area contributed by atoms with Gasteiger partial charge in [0, 0.05) is 23.4 Å². The molecule has 4 nitrogen and oxygen atoms in total. The lowest BCUT2D eigenvalue weighted by Crippen LogP contribution is -2.39. The first-order valence-corrected chi connectivity index (χ1v) is 8.76. The maximum absolute atomic E-state index is 13.6. The zero-order valence-corrected chi connectivity index (χ0v) is 14.9. The Morgan fingerprint density at radius 3 is 2.72 bits per heavy atom. The van der Waals surface area contributed by atoms with Gasteiger partial charge in [-0.2, -0.15) is 12.6 Å². The summed E-state index contributed by atoms with van der Waals surface area (Å²) in [5, 5.41) is 0.00678. The Morgan fingerprint density at radius 2 is 2.00 bits per heavy atom. The molecule has 1 amide bonds. The molecule has 0 aromatic heterocycles. The summed E-state index contributed by atoms with van der Waals surface area (Å²) in [5.41, 5.74) is -0.0728. The molecule has 2 rings (SSSR count). The Balaban J connectivity index is 1.88. The Labute approximate surface area is 150 Å². The number of hydrogen-bond donors (Lipinski definition) is 1. The minimum absolute atomic E-state index is 0.00678. The number of carbonyl (C=O) groups excluding carboxylic acids is 1. The molecule has 0 radical (unpaired) electrons. The summed E-state index contributed by atoms with van der Waals surface area (Å²) in [6.45, 7) is 2.73. The van der Waals surface area contributed by atoms with Gasteiger partial charge in [0.1, 0.15) is 5.82 Å². The van der Waals surface area contributed by atoms with Crippen molar-refractivity contribution >= 4 is 18.7 Å². The number of hydrogen-bond acceptors (Lipinski definition) is 4. The number of halogens is 3. The second kappa shape index (κ2) is 9.33. The van der Waals surface area contributed by atoms with Crippen molar-refractivity contribution in [3.05, 3.63) is 35.1 Å². The van der Waals surface area contributed by atoms with Gasteiger partial charge < -0.3 is 14.4 Å². The van der Waals surface area contributed by atoms with Gasteiger partial charge in [-0.05, 0) is 18.9 Å². The highest BCUT2D eigenvalue weighted by atomic mass is 32.1. The molecule has 1 fully saturated rings. The fourth-order valence-electron chi connectivity index (χ4n) is 2.64. The zero-order chi connectivity index (χ0) is 18.4. The van der Waals surface area contributed by atoms with E-state index in [9.17, 15) is 18.0 Å². The van der Waals surface area contributed by atoms with Gasteiger partial charge in [0.05, 0.1) is 25.9 Å². The molecule has 1 heterocycles. The second-order valence-corrected chi connectivity index (χ2v) is 6.77. The van der Waals surface area contributed by atoms with Crippen LogP contribution in [0.25, 0.3) is 0 Å². The molecule has 0 spiro atoms. The van der Waals surface area contributed by atoms with Crippen LogP contribution in [0.3, 0.4) is 0 Å². The molecule has 8 heteroatoms. The predicted octanol–water partition coefficient (Wildman–Crippen LogP) is 3.93. The lowest BCUT2D eigenvalue weighted by Gasteiger charge is -2.23. The van der Waals surface area contributed by atoms with Crippen molar-refractivity contribution in [3.8, 4) is 0 Å². The van der Waals surface area contributed by atoms with Crippen LogP contribution in [0.5, 0.6) is 0 Å². The van der Waals surface area contributed by atoms with E-state index in [0.717, 1.165) is 18.9 Å². The van der Waals surface area contributed by atoms with Crippen molar-refractivity contribution in [3.63, 3.8) is 0 Å². The summed E-state index contributed by atoms with van der Waals surface area (Å²) in [5.74, 6) is -3.23. The molecular weight excluding hydrogens is 355 g/mol. The van der Waals surface area contributed by atoms with Gasteiger partial charge >= 0.3 is 6.09 Å². The second-order valence-electron chi connectivity index (χ2n) is 6.04. The molecule has 0 aliphatic carbocycles. The topological polar surface area (TPSA) is 38.8 Å². The lowest BCUT2D eigenvalue weighted by atomic mass is 10.2. The molecule has 25 heavy (non-hydrogen) atoms. The van der Waals surface area contributed by atoms with Gasteiger partial charge in [-0.1, -0.05) is 13.3 Å². The Bertz CT molecular complexity index is 603. The molecular formula is C17H22F3NO3S. The number of carbonyl (C=O) groups is 1.